The van der Waals surface area contributed by atoms with E-state index in [-0.39, 0.29) is 31.2 Å². The predicted octanol–water partition coefficient (Wildman–Crippen LogP) is 5.75. The van der Waals surface area contributed by atoms with Crippen molar-refractivity contribution in [3.8, 4) is 22.5 Å². The molecule has 37 heavy (non-hydrogen) atoms. The van der Waals surface area contributed by atoms with E-state index in [1.165, 1.54) is 6.07 Å². The molecule has 0 aliphatic heterocycles. The summed E-state index contributed by atoms with van der Waals surface area (Å²) in [6.07, 6.45) is 1.41. The van der Waals surface area contributed by atoms with Crippen molar-refractivity contribution in [3.05, 3.63) is 89.6 Å². The van der Waals surface area contributed by atoms with Crippen LogP contribution in [0.4, 0.5) is 14.9 Å². The van der Waals surface area contributed by atoms with E-state index in [1.807, 2.05) is 36.4 Å². The number of ether oxygens (including phenoxy) is 2. The van der Waals surface area contributed by atoms with E-state index in [9.17, 15) is 14.0 Å². The minimum atomic E-state index is -0.698. The molecule has 0 bridgehead atoms. The van der Waals surface area contributed by atoms with Gasteiger partial charge in [-0.2, -0.15) is 0 Å². The van der Waals surface area contributed by atoms with Crippen molar-refractivity contribution in [1.29, 1.82) is 0 Å². The van der Waals surface area contributed by atoms with Crippen LogP contribution in [-0.2, 0) is 27.1 Å². The first-order chi connectivity index (χ1) is 17.9. The lowest BCUT2D eigenvalue weighted by Crippen LogP contribution is -2.16. The normalized spacial score (nSPS) is 10.7. The molecular weight excluding hydrogens is 477 g/mol. The molecule has 0 aliphatic carbocycles. The molecule has 0 aliphatic rings. The van der Waals surface area contributed by atoms with Gasteiger partial charge in [0.2, 0.25) is 0 Å². The number of halogens is 1. The van der Waals surface area contributed by atoms with Crippen LogP contribution >= 0.6 is 0 Å². The number of aryl methyl sites for hydroxylation is 1. The zero-order chi connectivity index (χ0) is 26.2. The number of hydrogen-bond donors (Lipinski definition) is 1. The summed E-state index contributed by atoms with van der Waals surface area (Å²) in [5.41, 5.74) is 4.36. The summed E-state index contributed by atoms with van der Waals surface area (Å²) in [7, 11) is 0. The van der Waals surface area contributed by atoms with Crippen LogP contribution in [0, 0.1) is 12.7 Å². The lowest BCUT2D eigenvalue weighted by molar-refractivity contribution is -0.142. The van der Waals surface area contributed by atoms with E-state index in [0.29, 0.717) is 34.9 Å². The Hall–Kier alpha value is -4.53. The molecule has 1 N–H and O–H groups in total. The average molecular weight is 504 g/mol. The number of anilines is 1. The molecule has 0 saturated heterocycles. The van der Waals surface area contributed by atoms with Crippen LogP contribution in [0.3, 0.4) is 0 Å². The number of benzene rings is 2. The molecule has 0 fully saturated rings. The van der Waals surface area contributed by atoms with Crippen LogP contribution in [0.15, 0.2) is 71.4 Å². The quantitative estimate of drug-likeness (QED) is 0.290. The number of esters is 1. The summed E-state index contributed by atoms with van der Waals surface area (Å²) in [5.74, 6) is -0.200. The number of pyridine rings is 1. The minimum Gasteiger partial charge on any atom is -0.466 e. The number of carbonyl (C=O) groups is 2. The second kappa shape index (κ2) is 11.9. The SMILES string of the molecule is CCOC(=O)Cc1ccc(-c2ccc(-c3noc(C)c3NC(=O)OCCc3ccccc3F)cn2)cc1. The molecule has 2 heterocycles. The summed E-state index contributed by atoms with van der Waals surface area (Å²) in [5, 5.41) is 6.72. The Balaban J connectivity index is 1.39. The van der Waals surface area contributed by atoms with Crippen LogP contribution in [0.5, 0.6) is 0 Å². The smallest absolute Gasteiger partial charge is 0.411 e. The first-order valence-corrected chi connectivity index (χ1v) is 11.8. The lowest BCUT2D eigenvalue weighted by Gasteiger charge is -2.08. The molecule has 2 aromatic heterocycles. The Kier molecular flexibility index (Phi) is 8.25. The molecule has 2 aromatic carbocycles. The number of rotatable bonds is 9. The number of aromatic nitrogens is 2. The Morgan fingerprint density at radius 3 is 2.46 bits per heavy atom. The minimum absolute atomic E-state index is 0.0151. The maximum atomic E-state index is 13.7. The van der Waals surface area contributed by atoms with Gasteiger partial charge < -0.3 is 14.0 Å². The van der Waals surface area contributed by atoms with Gasteiger partial charge in [0.15, 0.2) is 5.76 Å². The highest BCUT2D eigenvalue weighted by atomic mass is 19.1. The van der Waals surface area contributed by atoms with Crippen molar-refractivity contribution in [3.63, 3.8) is 0 Å². The standard InChI is InChI=1S/C28H26FN3O5/c1-3-35-25(33)16-19-8-10-21(11-9-19)24-13-12-22(17-30-24)27-26(18(2)37-32-27)31-28(34)36-15-14-20-6-4-5-7-23(20)29/h4-13,17H,3,14-16H2,1-2H3,(H,31,34). The molecule has 1 amide bonds. The van der Waals surface area contributed by atoms with Crippen molar-refractivity contribution in [2.24, 2.45) is 0 Å². The first-order valence-electron chi connectivity index (χ1n) is 11.8. The fourth-order valence-electron chi connectivity index (χ4n) is 3.69. The van der Waals surface area contributed by atoms with Crippen LogP contribution in [-0.4, -0.2) is 35.4 Å². The van der Waals surface area contributed by atoms with E-state index in [0.717, 1.165) is 16.8 Å². The molecule has 0 atom stereocenters. The predicted molar refractivity (Wildman–Crippen MR) is 135 cm³/mol. The number of nitrogens with one attached hydrogen (secondary N) is 1. The molecule has 0 unspecified atom stereocenters. The molecule has 9 heteroatoms. The van der Waals surface area contributed by atoms with Crippen molar-refractivity contribution >= 4 is 17.7 Å². The van der Waals surface area contributed by atoms with Gasteiger partial charge in [0, 0.05) is 23.7 Å². The third-order valence-electron chi connectivity index (χ3n) is 5.59. The van der Waals surface area contributed by atoms with E-state index < -0.39 is 6.09 Å². The topological polar surface area (TPSA) is 104 Å². The van der Waals surface area contributed by atoms with Crippen LogP contribution < -0.4 is 5.32 Å². The maximum absolute atomic E-state index is 13.7. The summed E-state index contributed by atoms with van der Waals surface area (Å²) < 4.78 is 29.2. The third kappa shape index (κ3) is 6.58. The summed E-state index contributed by atoms with van der Waals surface area (Å²) >= 11 is 0. The average Bonchev–Trinajstić information content (AvgIpc) is 3.25. The van der Waals surface area contributed by atoms with Gasteiger partial charge in [-0.25, -0.2) is 9.18 Å². The Bertz CT molecular complexity index is 1370. The van der Waals surface area contributed by atoms with Crippen molar-refractivity contribution < 1.29 is 28.0 Å². The first kappa shape index (κ1) is 25.6. The molecule has 4 aromatic rings. The second-order valence-corrected chi connectivity index (χ2v) is 8.18. The molecule has 0 spiro atoms. The molecule has 0 saturated carbocycles. The summed E-state index contributed by atoms with van der Waals surface area (Å²) in [6, 6.07) is 17.5. The highest BCUT2D eigenvalue weighted by Crippen LogP contribution is 2.31. The number of hydrogen-bond acceptors (Lipinski definition) is 7. The highest BCUT2D eigenvalue weighted by Gasteiger charge is 2.18. The zero-order valence-corrected chi connectivity index (χ0v) is 20.5. The van der Waals surface area contributed by atoms with Gasteiger partial charge in [-0.15, -0.1) is 0 Å². The van der Waals surface area contributed by atoms with Gasteiger partial charge in [0.1, 0.15) is 17.2 Å². The van der Waals surface area contributed by atoms with E-state index >= 15 is 0 Å². The fourth-order valence-corrected chi connectivity index (χ4v) is 3.69. The van der Waals surface area contributed by atoms with E-state index in [2.05, 4.69) is 15.5 Å². The van der Waals surface area contributed by atoms with Crippen molar-refractivity contribution in [2.75, 3.05) is 18.5 Å². The van der Waals surface area contributed by atoms with E-state index in [1.54, 1.807) is 38.2 Å². The largest absolute Gasteiger partial charge is 0.466 e. The van der Waals surface area contributed by atoms with Gasteiger partial charge in [-0.1, -0.05) is 47.6 Å². The fraction of sp³-hybridized carbons (Fsp3) is 0.214. The molecule has 4 rings (SSSR count). The van der Waals surface area contributed by atoms with Gasteiger partial charge in [0.05, 0.1) is 25.3 Å². The van der Waals surface area contributed by atoms with E-state index in [4.69, 9.17) is 14.0 Å². The summed E-state index contributed by atoms with van der Waals surface area (Å²) in [4.78, 5) is 28.5. The Morgan fingerprint density at radius 1 is 1.00 bits per heavy atom. The van der Waals surface area contributed by atoms with Crippen LogP contribution in [0.2, 0.25) is 0 Å². The van der Waals surface area contributed by atoms with Gasteiger partial charge in [-0.3, -0.25) is 15.1 Å². The number of nitrogens with zero attached hydrogens (tertiary/aromatic N) is 2. The van der Waals surface area contributed by atoms with Gasteiger partial charge >= 0.3 is 12.1 Å². The van der Waals surface area contributed by atoms with Crippen molar-refractivity contribution in [2.45, 2.75) is 26.7 Å². The number of amides is 1. The van der Waals surface area contributed by atoms with Gasteiger partial charge in [0.25, 0.3) is 0 Å². The Morgan fingerprint density at radius 2 is 1.76 bits per heavy atom. The van der Waals surface area contributed by atoms with Crippen LogP contribution in [0.1, 0.15) is 23.8 Å². The zero-order valence-electron chi connectivity index (χ0n) is 20.5. The molecular formula is C28H26FN3O5. The third-order valence-corrected chi connectivity index (χ3v) is 5.59. The van der Waals surface area contributed by atoms with Gasteiger partial charge in [-0.05, 0) is 43.2 Å². The maximum Gasteiger partial charge on any atom is 0.411 e. The molecule has 190 valence electrons. The lowest BCUT2D eigenvalue weighted by atomic mass is 10.1. The number of carbonyl (C=O) groups excluding carboxylic acids is 2. The molecule has 8 nitrogen and oxygen atoms in total. The van der Waals surface area contributed by atoms with Crippen molar-refractivity contribution in [1.82, 2.24) is 10.1 Å². The molecule has 0 radical (unpaired) electrons. The second-order valence-electron chi connectivity index (χ2n) is 8.18. The highest BCUT2D eigenvalue weighted by molar-refractivity contribution is 5.91. The van der Waals surface area contributed by atoms with Crippen LogP contribution in [0.25, 0.3) is 22.5 Å². The Labute approximate surface area is 213 Å². The monoisotopic (exact) mass is 503 g/mol. The summed E-state index contributed by atoms with van der Waals surface area (Å²) in [6.45, 7) is 3.82.